The van der Waals surface area contributed by atoms with Gasteiger partial charge in [0, 0.05) is 9.77 Å². The van der Waals surface area contributed by atoms with Gasteiger partial charge in [-0.25, -0.2) is 18.6 Å². The Morgan fingerprint density at radius 3 is 2.75 bits per heavy atom. The van der Waals surface area contributed by atoms with Gasteiger partial charge in [0.15, 0.2) is 0 Å². The molecule has 0 unspecified atom stereocenters. The van der Waals surface area contributed by atoms with E-state index in [0.717, 1.165) is 13.3 Å². The highest BCUT2D eigenvalue weighted by Gasteiger charge is 2.23. The molecule has 4 nitrogen and oxygen atoms in total. The van der Waals surface area contributed by atoms with Gasteiger partial charge in [-0.1, -0.05) is 0 Å². The third-order valence-corrected chi connectivity index (χ3v) is 2.94. The number of aromatic nitrogens is 1. The number of nitrogens with zero attached hydrogens (tertiary/aromatic N) is 2. The summed E-state index contributed by atoms with van der Waals surface area (Å²) in [6.07, 6.45) is -1.81. The molecular weight excluding hydrogens is 333 g/mol. The first-order chi connectivity index (χ1) is 7.52. The first-order valence-corrected chi connectivity index (χ1v) is 5.05. The first kappa shape index (κ1) is 12.8. The van der Waals surface area contributed by atoms with Crippen molar-refractivity contribution in [2.75, 3.05) is 7.11 Å². The zero-order chi connectivity index (χ0) is 12.3. The SMILES string of the molecule is COC(=O)c1cnc(C#N)c(C(F)F)c1I. The van der Waals surface area contributed by atoms with Crippen LogP contribution in [0.3, 0.4) is 0 Å². The quantitative estimate of drug-likeness (QED) is 0.613. The largest absolute Gasteiger partial charge is 0.465 e. The van der Waals surface area contributed by atoms with Crippen molar-refractivity contribution < 1.29 is 18.3 Å². The molecule has 0 amide bonds. The van der Waals surface area contributed by atoms with Gasteiger partial charge in [0.25, 0.3) is 6.43 Å². The molecular formula is C9H5F2IN2O2. The number of esters is 1. The van der Waals surface area contributed by atoms with E-state index in [1.165, 1.54) is 0 Å². The molecule has 0 aliphatic carbocycles. The molecule has 0 aromatic carbocycles. The van der Waals surface area contributed by atoms with Gasteiger partial charge in [0.05, 0.1) is 18.2 Å². The Morgan fingerprint density at radius 2 is 2.31 bits per heavy atom. The van der Waals surface area contributed by atoms with Crippen LogP contribution < -0.4 is 0 Å². The number of carbonyl (C=O) groups is 1. The van der Waals surface area contributed by atoms with Crippen LogP contribution in [0.2, 0.25) is 0 Å². The predicted molar refractivity (Wildman–Crippen MR) is 58.0 cm³/mol. The smallest absolute Gasteiger partial charge is 0.340 e. The van der Waals surface area contributed by atoms with E-state index in [0.29, 0.717) is 0 Å². The summed E-state index contributed by atoms with van der Waals surface area (Å²) in [6, 6.07) is 1.55. The van der Waals surface area contributed by atoms with Crippen LogP contribution in [0.25, 0.3) is 0 Å². The third-order valence-electron chi connectivity index (χ3n) is 1.78. The second-order valence-electron chi connectivity index (χ2n) is 2.65. The lowest BCUT2D eigenvalue weighted by Crippen LogP contribution is -2.09. The summed E-state index contributed by atoms with van der Waals surface area (Å²) in [4.78, 5) is 14.7. The van der Waals surface area contributed by atoms with Crippen LogP contribution in [0.15, 0.2) is 6.20 Å². The standard InChI is InChI=1S/C9H5F2IN2O2/c1-16-9(15)4-3-14-5(2-13)6(7(4)12)8(10)11/h3,8H,1H3. The summed E-state index contributed by atoms with van der Waals surface area (Å²) in [5.74, 6) is -0.761. The number of pyridine rings is 1. The summed E-state index contributed by atoms with van der Waals surface area (Å²) >= 11 is 1.57. The molecule has 1 aromatic rings. The second kappa shape index (κ2) is 5.16. The van der Waals surface area contributed by atoms with Gasteiger partial charge in [-0.15, -0.1) is 0 Å². The van der Waals surface area contributed by atoms with Gasteiger partial charge in [0.2, 0.25) is 0 Å². The van der Waals surface area contributed by atoms with Gasteiger partial charge in [0.1, 0.15) is 11.8 Å². The van der Waals surface area contributed by atoms with Gasteiger partial charge in [-0.2, -0.15) is 5.26 Å². The van der Waals surface area contributed by atoms with E-state index in [-0.39, 0.29) is 14.8 Å². The molecule has 0 saturated carbocycles. The van der Waals surface area contributed by atoms with Crippen molar-refractivity contribution in [2.45, 2.75) is 6.43 Å². The minimum absolute atomic E-state index is 0.00833. The Kier molecular flexibility index (Phi) is 4.12. The number of carbonyl (C=O) groups excluding carboxylic acids is 1. The Balaban J connectivity index is 3.45. The summed E-state index contributed by atoms with van der Waals surface area (Å²) in [5, 5.41) is 8.61. The highest BCUT2D eigenvalue weighted by molar-refractivity contribution is 14.1. The number of hydrogen-bond donors (Lipinski definition) is 0. The lowest BCUT2D eigenvalue weighted by atomic mass is 10.1. The van der Waals surface area contributed by atoms with Crippen molar-refractivity contribution in [1.82, 2.24) is 4.98 Å². The van der Waals surface area contributed by atoms with Gasteiger partial charge < -0.3 is 4.74 Å². The summed E-state index contributed by atoms with van der Waals surface area (Å²) in [7, 11) is 1.14. The van der Waals surface area contributed by atoms with E-state index in [9.17, 15) is 13.6 Å². The van der Waals surface area contributed by atoms with Crippen LogP contribution in [0.4, 0.5) is 8.78 Å². The minimum Gasteiger partial charge on any atom is -0.465 e. The molecule has 1 aromatic heterocycles. The highest BCUT2D eigenvalue weighted by atomic mass is 127. The predicted octanol–water partition coefficient (Wildman–Crippen LogP) is 2.28. The van der Waals surface area contributed by atoms with Crippen LogP contribution in [0, 0.1) is 14.9 Å². The second-order valence-corrected chi connectivity index (χ2v) is 3.73. The van der Waals surface area contributed by atoms with Crippen molar-refractivity contribution in [3.63, 3.8) is 0 Å². The van der Waals surface area contributed by atoms with Gasteiger partial charge >= 0.3 is 5.97 Å². The molecule has 16 heavy (non-hydrogen) atoms. The average Bonchev–Trinajstić information content (AvgIpc) is 2.26. The van der Waals surface area contributed by atoms with E-state index in [4.69, 9.17) is 5.26 Å². The lowest BCUT2D eigenvalue weighted by molar-refractivity contribution is 0.0598. The van der Waals surface area contributed by atoms with Crippen molar-refractivity contribution in [3.05, 3.63) is 26.6 Å². The molecule has 0 aliphatic rings. The topological polar surface area (TPSA) is 63.0 Å². The Morgan fingerprint density at radius 1 is 1.69 bits per heavy atom. The van der Waals surface area contributed by atoms with Gasteiger partial charge in [-0.3, -0.25) is 0 Å². The van der Waals surface area contributed by atoms with E-state index in [1.807, 2.05) is 0 Å². The number of nitriles is 1. The van der Waals surface area contributed by atoms with Crippen molar-refractivity contribution in [2.24, 2.45) is 0 Å². The molecule has 7 heteroatoms. The minimum atomic E-state index is -2.86. The Hall–Kier alpha value is -1.30. The van der Waals surface area contributed by atoms with Crippen LogP contribution in [-0.2, 0) is 4.74 Å². The monoisotopic (exact) mass is 338 g/mol. The Bertz CT molecular complexity index is 471. The summed E-state index contributed by atoms with van der Waals surface area (Å²) in [5.41, 5.74) is -0.990. The van der Waals surface area contributed by atoms with Crippen LogP contribution >= 0.6 is 22.6 Å². The lowest BCUT2D eigenvalue weighted by Gasteiger charge is -2.08. The number of hydrogen-bond acceptors (Lipinski definition) is 4. The number of alkyl halides is 2. The number of rotatable bonds is 2. The van der Waals surface area contributed by atoms with Crippen LogP contribution in [0.5, 0.6) is 0 Å². The van der Waals surface area contributed by atoms with E-state index in [2.05, 4.69) is 9.72 Å². The van der Waals surface area contributed by atoms with E-state index in [1.54, 1.807) is 28.7 Å². The third kappa shape index (κ3) is 2.27. The summed E-state index contributed by atoms with van der Waals surface area (Å²) in [6.45, 7) is 0. The molecule has 0 atom stereocenters. The van der Waals surface area contributed by atoms with E-state index >= 15 is 0 Å². The summed E-state index contributed by atoms with van der Waals surface area (Å²) < 4.78 is 29.8. The molecule has 0 fully saturated rings. The zero-order valence-corrected chi connectivity index (χ0v) is 10.2. The van der Waals surface area contributed by atoms with Gasteiger partial charge in [-0.05, 0) is 22.6 Å². The molecule has 1 heterocycles. The van der Waals surface area contributed by atoms with Crippen molar-refractivity contribution in [3.8, 4) is 6.07 Å². The van der Waals surface area contributed by atoms with Crippen molar-refractivity contribution >= 4 is 28.6 Å². The van der Waals surface area contributed by atoms with Crippen LogP contribution in [0.1, 0.15) is 28.0 Å². The fourth-order valence-corrected chi connectivity index (χ4v) is 1.90. The fourth-order valence-electron chi connectivity index (χ4n) is 1.04. The fraction of sp³-hybridized carbons (Fsp3) is 0.222. The number of ether oxygens (including phenoxy) is 1. The molecule has 0 radical (unpaired) electrons. The molecule has 0 bridgehead atoms. The maximum Gasteiger partial charge on any atom is 0.340 e. The van der Waals surface area contributed by atoms with Crippen molar-refractivity contribution in [1.29, 1.82) is 5.26 Å². The Labute approximate surface area is 103 Å². The maximum absolute atomic E-state index is 12.7. The maximum atomic E-state index is 12.7. The normalized spacial score (nSPS) is 10.0. The number of halogens is 3. The zero-order valence-electron chi connectivity index (χ0n) is 8.00. The molecule has 0 spiro atoms. The molecule has 0 aliphatic heterocycles. The first-order valence-electron chi connectivity index (χ1n) is 3.97. The number of methoxy groups -OCH3 is 1. The molecule has 1 rings (SSSR count). The average molecular weight is 338 g/mol. The van der Waals surface area contributed by atoms with E-state index < -0.39 is 18.0 Å². The molecule has 0 saturated heterocycles. The molecule has 0 N–H and O–H groups in total. The van der Waals surface area contributed by atoms with Crippen LogP contribution in [-0.4, -0.2) is 18.1 Å². The highest BCUT2D eigenvalue weighted by Crippen LogP contribution is 2.29. The molecule has 84 valence electrons.